The number of benzene rings is 4. The van der Waals surface area contributed by atoms with Crippen LogP contribution in [0.3, 0.4) is 0 Å². The summed E-state index contributed by atoms with van der Waals surface area (Å²) in [5.74, 6) is 0. The summed E-state index contributed by atoms with van der Waals surface area (Å²) in [7, 11) is 0. The van der Waals surface area contributed by atoms with Gasteiger partial charge in [-0.25, -0.2) is 0 Å². The number of anilines is 3. The molecular formula is C24H23BrN2. The average Bonchev–Trinajstić information content (AvgIpc) is 2.72. The highest BCUT2D eigenvalue weighted by molar-refractivity contribution is 9.10. The molecule has 0 saturated carbocycles. The zero-order valence-corrected chi connectivity index (χ0v) is 16.6. The Labute approximate surface area is 169 Å². The van der Waals surface area contributed by atoms with Gasteiger partial charge in [-0.2, -0.15) is 0 Å². The lowest BCUT2D eigenvalue weighted by Crippen LogP contribution is -1.87. The van der Waals surface area contributed by atoms with Gasteiger partial charge in [-0.05, 0) is 48.5 Å². The van der Waals surface area contributed by atoms with E-state index in [0.29, 0.717) is 0 Å². The third-order valence-corrected chi connectivity index (χ3v) is 3.90. The van der Waals surface area contributed by atoms with Crippen LogP contribution in [-0.4, -0.2) is 0 Å². The highest BCUT2D eigenvalue weighted by Gasteiger charge is 1.89. The lowest BCUT2D eigenvalue weighted by atomic mass is 10.3. The van der Waals surface area contributed by atoms with E-state index in [0.717, 1.165) is 21.5 Å². The van der Waals surface area contributed by atoms with Crippen molar-refractivity contribution in [3.63, 3.8) is 0 Å². The van der Waals surface area contributed by atoms with Crippen LogP contribution >= 0.6 is 15.9 Å². The third kappa shape index (κ3) is 9.28. The predicted molar refractivity (Wildman–Crippen MR) is 121 cm³/mol. The van der Waals surface area contributed by atoms with Crippen LogP contribution in [0.4, 0.5) is 17.1 Å². The van der Waals surface area contributed by atoms with E-state index in [1.807, 2.05) is 121 Å². The largest absolute Gasteiger partial charge is 0.399 e. The maximum atomic E-state index is 5.36. The van der Waals surface area contributed by atoms with Gasteiger partial charge in [-0.3, -0.25) is 0 Å². The summed E-state index contributed by atoms with van der Waals surface area (Å²) >= 11 is 3.31. The zero-order chi connectivity index (χ0) is 19.2. The Morgan fingerprint density at radius 3 is 1.07 bits per heavy atom. The molecule has 0 aliphatic rings. The van der Waals surface area contributed by atoms with Crippen molar-refractivity contribution in [3.8, 4) is 0 Å². The Balaban J connectivity index is 0.000000159. The Hall–Kier alpha value is -3.04. The van der Waals surface area contributed by atoms with Crippen LogP contribution < -0.4 is 11.1 Å². The second-order valence-electron chi connectivity index (χ2n) is 5.56. The van der Waals surface area contributed by atoms with Gasteiger partial charge in [0.25, 0.3) is 0 Å². The number of hydrogen-bond acceptors (Lipinski definition) is 2. The summed E-state index contributed by atoms with van der Waals surface area (Å²) in [6.07, 6.45) is 0. The van der Waals surface area contributed by atoms with Crippen LogP contribution in [0.15, 0.2) is 126 Å². The fourth-order valence-electron chi connectivity index (χ4n) is 2.08. The molecule has 136 valence electrons. The van der Waals surface area contributed by atoms with Crippen LogP contribution in [0.5, 0.6) is 0 Å². The monoisotopic (exact) mass is 418 g/mol. The molecule has 0 radical (unpaired) electrons. The van der Waals surface area contributed by atoms with Crippen LogP contribution in [0.1, 0.15) is 0 Å². The second kappa shape index (κ2) is 12.3. The maximum Gasteiger partial charge on any atom is 0.0384 e. The minimum atomic E-state index is 0.822. The number of nitrogen functional groups attached to an aromatic ring is 1. The molecule has 0 atom stereocenters. The van der Waals surface area contributed by atoms with Gasteiger partial charge >= 0.3 is 0 Å². The summed E-state index contributed by atoms with van der Waals surface area (Å²) in [5, 5.41) is 3.30. The van der Waals surface area contributed by atoms with Gasteiger partial charge in [0.05, 0.1) is 0 Å². The van der Waals surface area contributed by atoms with Gasteiger partial charge in [0.2, 0.25) is 0 Å². The number of rotatable bonds is 2. The first-order chi connectivity index (χ1) is 13.2. The summed E-state index contributed by atoms with van der Waals surface area (Å²) in [4.78, 5) is 0. The van der Waals surface area contributed by atoms with Gasteiger partial charge in [0, 0.05) is 21.5 Å². The topological polar surface area (TPSA) is 38.0 Å². The van der Waals surface area contributed by atoms with E-state index in [1.165, 1.54) is 0 Å². The number of nitrogens with two attached hydrogens (primary N) is 1. The maximum absolute atomic E-state index is 5.36. The summed E-state index contributed by atoms with van der Waals surface area (Å²) < 4.78 is 1.13. The third-order valence-electron chi connectivity index (χ3n) is 3.37. The quantitative estimate of drug-likeness (QED) is 0.339. The van der Waals surface area contributed by atoms with Gasteiger partial charge in [0.1, 0.15) is 0 Å². The standard InChI is InChI=1S/C12H11N.C6H5Br.C6H7N/c1-3-7-11(8-4-1)13-12-9-5-2-6-10-12;2*7-6-4-2-1-3-5-6/h1-10,13H;1-5H;1-5H,7H2. The molecule has 4 aromatic rings. The molecule has 0 bridgehead atoms. The minimum Gasteiger partial charge on any atom is -0.399 e. The molecule has 0 spiro atoms. The first kappa shape index (κ1) is 20.3. The van der Waals surface area contributed by atoms with Crippen molar-refractivity contribution in [1.82, 2.24) is 0 Å². The second-order valence-corrected chi connectivity index (χ2v) is 6.48. The van der Waals surface area contributed by atoms with Gasteiger partial charge in [-0.1, -0.05) is 88.7 Å². The smallest absolute Gasteiger partial charge is 0.0384 e. The number of nitrogens with one attached hydrogen (secondary N) is 1. The fraction of sp³-hybridized carbons (Fsp3) is 0. The van der Waals surface area contributed by atoms with Crippen molar-refractivity contribution in [1.29, 1.82) is 0 Å². The first-order valence-electron chi connectivity index (χ1n) is 8.62. The number of hydrogen-bond donors (Lipinski definition) is 2. The lowest BCUT2D eigenvalue weighted by Gasteiger charge is -2.04. The van der Waals surface area contributed by atoms with Crippen molar-refractivity contribution < 1.29 is 0 Å². The first-order valence-corrected chi connectivity index (χ1v) is 9.41. The predicted octanol–water partition coefficient (Wildman–Crippen LogP) is 7.15. The molecule has 2 nitrogen and oxygen atoms in total. The Kier molecular flexibility index (Phi) is 9.26. The zero-order valence-electron chi connectivity index (χ0n) is 15.0. The van der Waals surface area contributed by atoms with Gasteiger partial charge in [0.15, 0.2) is 0 Å². The van der Waals surface area contributed by atoms with Gasteiger partial charge in [-0.15, -0.1) is 0 Å². The van der Waals surface area contributed by atoms with Crippen molar-refractivity contribution in [3.05, 3.63) is 126 Å². The molecule has 0 aliphatic heterocycles. The minimum absolute atomic E-state index is 0.822. The Morgan fingerprint density at radius 2 is 0.815 bits per heavy atom. The van der Waals surface area contributed by atoms with Crippen LogP contribution in [0.2, 0.25) is 0 Å². The van der Waals surface area contributed by atoms with E-state index in [2.05, 4.69) is 21.2 Å². The molecule has 0 aromatic heterocycles. The Bertz CT molecular complexity index is 777. The normalized spacial score (nSPS) is 9.07. The van der Waals surface area contributed by atoms with Crippen molar-refractivity contribution >= 4 is 33.0 Å². The van der Waals surface area contributed by atoms with Gasteiger partial charge < -0.3 is 11.1 Å². The highest BCUT2D eigenvalue weighted by atomic mass is 79.9. The molecule has 3 heteroatoms. The van der Waals surface area contributed by atoms with Crippen molar-refractivity contribution in [2.45, 2.75) is 0 Å². The van der Waals surface area contributed by atoms with Crippen molar-refractivity contribution in [2.24, 2.45) is 0 Å². The van der Waals surface area contributed by atoms with Crippen LogP contribution in [0.25, 0.3) is 0 Å². The van der Waals surface area contributed by atoms with Crippen LogP contribution in [0, 0.1) is 0 Å². The van der Waals surface area contributed by atoms with Crippen LogP contribution in [-0.2, 0) is 0 Å². The molecule has 4 rings (SSSR count). The SMILES string of the molecule is Brc1ccccc1.Nc1ccccc1.c1ccc(Nc2ccccc2)cc1. The molecule has 0 aliphatic carbocycles. The molecule has 0 amide bonds. The molecule has 0 fully saturated rings. The molecular weight excluding hydrogens is 396 g/mol. The van der Waals surface area contributed by atoms with E-state index in [-0.39, 0.29) is 0 Å². The fourth-order valence-corrected chi connectivity index (χ4v) is 2.38. The molecule has 0 unspecified atom stereocenters. The molecule has 27 heavy (non-hydrogen) atoms. The van der Waals surface area contributed by atoms with Crippen molar-refractivity contribution in [2.75, 3.05) is 11.1 Å². The molecule has 4 aromatic carbocycles. The average molecular weight is 419 g/mol. The Morgan fingerprint density at radius 1 is 0.481 bits per heavy atom. The molecule has 0 heterocycles. The summed E-state index contributed by atoms with van der Waals surface area (Å²) in [6, 6.07) is 39.7. The van der Waals surface area contributed by atoms with E-state index in [9.17, 15) is 0 Å². The number of halogens is 1. The highest BCUT2D eigenvalue weighted by Crippen LogP contribution is 2.14. The summed E-state index contributed by atoms with van der Waals surface area (Å²) in [5.41, 5.74) is 8.42. The van der Waals surface area contributed by atoms with E-state index in [4.69, 9.17) is 5.73 Å². The van der Waals surface area contributed by atoms with E-state index in [1.54, 1.807) is 0 Å². The molecule has 0 saturated heterocycles. The number of para-hydroxylation sites is 3. The lowest BCUT2D eigenvalue weighted by molar-refractivity contribution is 1.55. The molecule has 3 N–H and O–H groups in total. The van der Waals surface area contributed by atoms with E-state index < -0.39 is 0 Å². The summed E-state index contributed by atoms with van der Waals surface area (Å²) in [6.45, 7) is 0. The van der Waals surface area contributed by atoms with E-state index >= 15 is 0 Å².